The minimum atomic E-state index is -4.45. The number of halogens is 3. The Balaban J connectivity index is 1.70. The number of alkyl halides is 3. The zero-order valence-corrected chi connectivity index (χ0v) is 12.0. The lowest BCUT2D eigenvalue weighted by molar-refractivity contribution is -0.161. The van der Waals surface area contributed by atoms with Crippen LogP contribution in [0.4, 0.5) is 13.2 Å². The third kappa shape index (κ3) is 2.71. The molecule has 1 aliphatic heterocycles. The third-order valence-electron chi connectivity index (χ3n) is 4.57. The monoisotopic (exact) mass is 317 g/mol. The fourth-order valence-corrected chi connectivity index (χ4v) is 3.09. The van der Waals surface area contributed by atoms with E-state index in [0.717, 1.165) is 12.6 Å². The van der Waals surface area contributed by atoms with Crippen molar-refractivity contribution in [3.05, 3.63) is 17.7 Å². The predicted molar refractivity (Wildman–Crippen MR) is 70.9 cm³/mol. The second-order valence-corrected chi connectivity index (χ2v) is 6.16. The van der Waals surface area contributed by atoms with Crippen LogP contribution in [-0.2, 0) is 11.0 Å². The van der Waals surface area contributed by atoms with Crippen LogP contribution < -0.4 is 0 Å². The molecule has 1 aliphatic carbocycles. The van der Waals surface area contributed by atoms with Gasteiger partial charge in [-0.25, -0.2) is 4.98 Å². The van der Waals surface area contributed by atoms with Crippen molar-refractivity contribution in [2.75, 3.05) is 13.1 Å². The van der Waals surface area contributed by atoms with Crippen molar-refractivity contribution >= 4 is 5.91 Å². The van der Waals surface area contributed by atoms with Crippen LogP contribution in [0.2, 0.25) is 0 Å². The maximum Gasteiger partial charge on any atom is 0.432 e. The molecule has 2 N–H and O–H groups in total. The largest absolute Gasteiger partial charge is 0.432 e. The molecule has 0 aromatic carbocycles. The summed E-state index contributed by atoms with van der Waals surface area (Å²) in [6.07, 6.45) is -0.543. The molecule has 0 bridgehead atoms. The number of carbonyl (C=O) groups excluding carboxylic acids is 1. The number of hydrogen-bond acceptors (Lipinski definition) is 3. The molecule has 22 heavy (non-hydrogen) atoms. The Morgan fingerprint density at radius 1 is 1.41 bits per heavy atom. The number of hydrogen-bond donors (Lipinski definition) is 2. The van der Waals surface area contributed by atoms with Crippen LogP contribution in [-0.4, -0.2) is 44.6 Å². The van der Waals surface area contributed by atoms with Crippen LogP contribution in [0.5, 0.6) is 0 Å². The molecule has 8 heteroatoms. The molecule has 1 atom stereocenters. The number of nitrogens with one attached hydrogen (secondary N) is 1. The van der Waals surface area contributed by atoms with Gasteiger partial charge in [0.1, 0.15) is 17.1 Å². The first-order chi connectivity index (χ1) is 10.3. The van der Waals surface area contributed by atoms with Gasteiger partial charge in [-0.15, -0.1) is 0 Å². The van der Waals surface area contributed by atoms with E-state index in [9.17, 15) is 23.1 Å². The van der Waals surface area contributed by atoms with E-state index in [1.165, 1.54) is 0 Å². The smallest absolute Gasteiger partial charge is 0.380 e. The number of aromatic amines is 1. The Hall–Kier alpha value is -1.57. The molecule has 2 aliphatic rings. The number of imidazole rings is 1. The number of amides is 1. The van der Waals surface area contributed by atoms with Crippen molar-refractivity contribution in [2.24, 2.45) is 0 Å². The van der Waals surface area contributed by atoms with Gasteiger partial charge in [0.2, 0.25) is 0 Å². The summed E-state index contributed by atoms with van der Waals surface area (Å²) in [6, 6.07) is 0. The predicted octanol–water partition coefficient (Wildman–Crippen LogP) is 2.05. The van der Waals surface area contributed by atoms with Gasteiger partial charge >= 0.3 is 6.18 Å². The standard InChI is InChI=1S/C14H18F3N3O2/c15-14(16,17)10-7-18-11(19-10)9-3-1-6-20(8-9)12(21)13(22)4-2-5-13/h7,9,22H,1-6,8H2,(H,18,19)/t9-/m1/s1. The van der Waals surface area contributed by atoms with Gasteiger partial charge in [0, 0.05) is 19.0 Å². The van der Waals surface area contributed by atoms with Crippen molar-refractivity contribution in [2.45, 2.75) is 49.8 Å². The van der Waals surface area contributed by atoms with Crippen molar-refractivity contribution in [1.82, 2.24) is 14.9 Å². The van der Waals surface area contributed by atoms with E-state index in [1.54, 1.807) is 4.90 Å². The molecule has 0 radical (unpaired) electrons. The van der Waals surface area contributed by atoms with E-state index in [-0.39, 0.29) is 17.6 Å². The number of rotatable bonds is 2. The highest BCUT2D eigenvalue weighted by Gasteiger charge is 2.45. The quantitative estimate of drug-likeness (QED) is 0.877. The van der Waals surface area contributed by atoms with Gasteiger partial charge in [-0.2, -0.15) is 13.2 Å². The van der Waals surface area contributed by atoms with Crippen LogP contribution in [0, 0.1) is 0 Å². The van der Waals surface area contributed by atoms with Crippen molar-refractivity contribution < 1.29 is 23.1 Å². The molecule has 0 spiro atoms. The fourth-order valence-electron chi connectivity index (χ4n) is 3.09. The summed E-state index contributed by atoms with van der Waals surface area (Å²) in [7, 11) is 0. The SMILES string of the molecule is O=C(N1CCC[C@@H](c2ncc(C(F)(F)F)[nH]2)C1)C1(O)CCC1. The van der Waals surface area contributed by atoms with Gasteiger partial charge in [-0.1, -0.05) is 0 Å². The van der Waals surface area contributed by atoms with Crippen LogP contribution in [0.1, 0.15) is 49.5 Å². The Morgan fingerprint density at radius 2 is 2.14 bits per heavy atom. The summed E-state index contributed by atoms with van der Waals surface area (Å²) < 4.78 is 37.8. The average molecular weight is 317 g/mol. The summed E-state index contributed by atoms with van der Waals surface area (Å²) in [5.74, 6) is -0.297. The minimum absolute atomic E-state index is 0.252. The molecule has 3 rings (SSSR count). The van der Waals surface area contributed by atoms with Crippen LogP contribution in [0.3, 0.4) is 0 Å². The van der Waals surface area contributed by atoms with E-state index in [0.29, 0.717) is 38.8 Å². The first-order valence-electron chi connectivity index (χ1n) is 7.43. The lowest BCUT2D eigenvalue weighted by Gasteiger charge is -2.41. The van der Waals surface area contributed by atoms with Gasteiger partial charge in [0.25, 0.3) is 5.91 Å². The minimum Gasteiger partial charge on any atom is -0.380 e. The van der Waals surface area contributed by atoms with Gasteiger partial charge in [-0.3, -0.25) is 4.79 Å². The second kappa shape index (κ2) is 5.26. The first-order valence-corrected chi connectivity index (χ1v) is 7.43. The number of nitrogens with zero attached hydrogens (tertiary/aromatic N) is 2. The van der Waals surface area contributed by atoms with Crippen LogP contribution in [0.25, 0.3) is 0 Å². The molecular weight excluding hydrogens is 299 g/mol. The van der Waals surface area contributed by atoms with Gasteiger partial charge in [0.05, 0.1) is 6.20 Å². The van der Waals surface area contributed by atoms with Gasteiger partial charge in [0.15, 0.2) is 0 Å². The van der Waals surface area contributed by atoms with E-state index < -0.39 is 17.5 Å². The highest BCUT2D eigenvalue weighted by Crippen LogP contribution is 2.36. The van der Waals surface area contributed by atoms with E-state index in [1.807, 2.05) is 0 Å². The Morgan fingerprint density at radius 3 is 2.68 bits per heavy atom. The van der Waals surface area contributed by atoms with Crippen LogP contribution in [0.15, 0.2) is 6.20 Å². The molecule has 1 amide bonds. The summed E-state index contributed by atoms with van der Waals surface area (Å²) in [6.45, 7) is 0.830. The number of piperidine rings is 1. The lowest BCUT2D eigenvalue weighted by atomic mass is 9.78. The molecule has 5 nitrogen and oxygen atoms in total. The fraction of sp³-hybridized carbons (Fsp3) is 0.714. The zero-order chi connectivity index (χ0) is 16.0. The Labute approximate surface area is 125 Å². The number of aliphatic hydroxyl groups is 1. The Kier molecular flexibility index (Phi) is 3.66. The normalized spacial score (nSPS) is 24.9. The summed E-state index contributed by atoms with van der Waals surface area (Å²) in [4.78, 5) is 20.0. The molecule has 1 aromatic rings. The van der Waals surface area contributed by atoms with Crippen molar-refractivity contribution in [1.29, 1.82) is 0 Å². The topological polar surface area (TPSA) is 69.2 Å². The maximum absolute atomic E-state index is 12.6. The van der Waals surface area contributed by atoms with E-state index in [2.05, 4.69) is 9.97 Å². The number of aromatic nitrogens is 2. The van der Waals surface area contributed by atoms with E-state index >= 15 is 0 Å². The highest BCUT2D eigenvalue weighted by molar-refractivity contribution is 5.86. The summed E-state index contributed by atoms with van der Waals surface area (Å²) in [5.41, 5.74) is -2.13. The molecule has 2 heterocycles. The summed E-state index contributed by atoms with van der Waals surface area (Å²) in [5, 5.41) is 10.1. The molecule has 1 saturated carbocycles. The van der Waals surface area contributed by atoms with Gasteiger partial charge in [-0.05, 0) is 32.1 Å². The maximum atomic E-state index is 12.6. The number of H-pyrrole nitrogens is 1. The third-order valence-corrected chi connectivity index (χ3v) is 4.57. The molecule has 1 saturated heterocycles. The second-order valence-electron chi connectivity index (χ2n) is 6.16. The molecule has 122 valence electrons. The first kappa shape index (κ1) is 15.3. The molecule has 0 unspecified atom stereocenters. The molecular formula is C14H18F3N3O2. The van der Waals surface area contributed by atoms with Crippen molar-refractivity contribution in [3.63, 3.8) is 0 Å². The average Bonchev–Trinajstić information content (AvgIpc) is 2.94. The number of carbonyl (C=O) groups is 1. The van der Waals surface area contributed by atoms with Gasteiger partial charge < -0.3 is 15.0 Å². The van der Waals surface area contributed by atoms with Crippen molar-refractivity contribution in [3.8, 4) is 0 Å². The van der Waals surface area contributed by atoms with Crippen LogP contribution >= 0.6 is 0 Å². The summed E-state index contributed by atoms with van der Waals surface area (Å²) >= 11 is 0. The highest BCUT2D eigenvalue weighted by atomic mass is 19.4. The zero-order valence-electron chi connectivity index (χ0n) is 12.0. The molecule has 1 aromatic heterocycles. The number of likely N-dealkylation sites (tertiary alicyclic amines) is 1. The molecule has 2 fully saturated rings. The Bertz CT molecular complexity index is 566. The van der Waals surface area contributed by atoms with E-state index in [4.69, 9.17) is 0 Å². The lowest BCUT2D eigenvalue weighted by Crippen LogP contribution is -2.55.